The number of carbonyl (C=O) groups excluding carboxylic acids is 1. The molecule has 0 aliphatic rings. The number of hydrogen-bond acceptors (Lipinski definition) is 4. The fourth-order valence-corrected chi connectivity index (χ4v) is 1.46. The van der Waals surface area contributed by atoms with E-state index >= 15 is 0 Å². The van der Waals surface area contributed by atoms with E-state index in [0.717, 1.165) is 12.7 Å². The maximum atomic E-state index is 11.1. The summed E-state index contributed by atoms with van der Waals surface area (Å²) in [7, 11) is -3.34. The van der Waals surface area contributed by atoms with Crippen LogP contribution in [0.4, 0.5) is 0 Å². The highest BCUT2D eigenvalue weighted by Gasteiger charge is 2.10. The fourth-order valence-electron chi connectivity index (χ4n) is 0.863. The highest BCUT2D eigenvalue weighted by molar-refractivity contribution is 7.90. The Bertz CT molecular complexity index is 453. The molecule has 1 aromatic rings. The van der Waals surface area contributed by atoms with Crippen LogP contribution in [0.3, 0.4) is 0 Å². The predicted molar refractivity (Wildman–Crippen MR) is 49.9 cm³/mol. The monoisotopic (exact) mass is 213 g/mol. The number of sulfone groups is 1. The van der Waals surface area contributed by atoms with E-state index in [9.17, 15) is 13.2 Å². The Hall–Kier alpha value is -1.43. The summed E-state index contributed by atoms with van der Waals surface area (Å²) in [6.45, 7) is 0. The normalized spacial score (nSPS) is 11.2. The first-order chi connectivity index (χ1) is 6.39. The number of nitrogens with two attached hydrogens (primary N) is 1. The molecule has 0 atom stereocenters. The van der Waals surface area contributed by atoms with Gasteiger partial charge in [0.15, 0.2) is 14.9 Å². The zero-order valence-electron chi connectivity index (χ0n) is 7.47. The van der Waals surface area contributed by atoms with E-state index in [2.05, 4.69) is 4.98 Å². The van der Waals surface area contributed by atoms with Crippen LogP contribution < -0.4 is 5.73 Å². The zero-order valence-corrected chi connectivity index (χ0v) is 8.28. The molecule has 1 heterocycles. The largest absolute Gasteiger partial charge is 0.369 e. The van der Waals surface area contributed by atoms with Gasteiger partial charge in [-0.15, -0.1) is 0 Å². The molecule has 0 aliphatic heterocycles. The van der Waals surface area contributed by atoms with Gasteiger partial charge in [0.25, 0.3) is 0 Å². The number of primary amides is 1. The van der Waals surface area contributed by atoms with E-state index in [-0.39, 0.29) is 10.7 Å². The van der Waals surface area contributed by atoms with Crippen LogP contribution in [-0.2, 0) is 14.6 Å². The van der Waals surface area contributed by atoms with Crippen molar-refractivity contribution in [1.82, 2.24) is 4.98 Å². The van der Waals surface area contributed by atoms with Gasteiger partial charge in [-0.05, 0) is 12.1 Å². The predicted octanol–water partition coefficient (Wildman–Crippen LogP) is -0.477. The second kappa shape index (κ2) is 3.75. The summed E-state index contributed by atoms with van der Waals surface area (Å²) in [4.78, 5) is 14.2. The lowest BCUT2D eigenvalue weighted by Gasteiger charge is -1.99. The Morgan fingerprint density at radius 1 is 1.50 bits per heavy atom. The van der Waals surface area contributed by atoms with Gasteiger partial charge in [0.05, 0.1) is 12.1 Å². The van der Waals surface area contributed by atoms with Crippen molar-refractivity contribution in [2.45, 2.75) is 5.03 Å². The molecule has 1 rings (SSSR count). The lowest BCUT2D eigenvalue weighted by molar-refractivity contribution is -0.114. The molecular weight excluding hydrogens is 204 g/mol. The minimum Gasteiger partial charge on any atom is -0.369 e. The molecule has 5 nitrogen and oxygen atoms in total. The molecule has 6 heteroatoms. The van der Waals surface area contributed by atoms with Gasteiger partial charge in [0.2, 0.25) is 5.91 Å². The van der Waals surface area contributed by atoms with Crippen LogP contribution in [0, 0.1) is 6.42 Å². The first-order valence-electron chi connectivity index (χ1n) is 3.71. The molecule has 0 saturated heterocycles. The van der Waals surface area contributed by atoms with Crippen LogP contribution in [0.15, 0.2) is 23.2 Å². The molecular formula is C8H9N2O3S. The second-order valence-electron chi connectivity index (χ2n) is 2.72. The van der Waals surface area contributed by atoms with Crippen LogP contribution in [0.25, 0.3) is 0 Å². The zero-order chi connectivity index (χ0) is 10.8. The first-order valence-corrected chi connectivity index (χ1v) is 5.60. The Kier molecular flexibility index (Phi) is 2.85. The van der Waals surface area contributed by atoms with Gasteiger partial charge in [-0.3, -0.25) is 4.79 Å². The van der Waals surface area contributed by atoms with Gasteiger partial charge >= 0.3 is 0 Å². The Balaban J connectivity index is 3.08. The maximum absolute atomic E-state index is 11.1. The summed E-state index contributed by atoms with van der Waals surface area (Å²) < 4.78 is 22.2. The molecule has 1 radical (unpaired) electrons. The van der Waals surface area contributed by atoms with E-state index in [4.69, 9.17) is 5.73 Å². The second-order valence-corrected chi connectivity index (χ2v) is 4.68. The number of rotatable bonds is 3. The average Bonchev–Trinajstić information content (AvgIpc) is 2.01. The summed E-state index contributed by atoms with van der Waals surface area (Å²) in [6.07, 6.45) is 2.11. The van der Waals surface area contributed by atoms with E-state index in [1.165, 1.54) is 18.2 Å². The number of hydrogen-bond donors (Lipinski definition) is 1. The molecule has 1 amide bonds. The smallest absolute Gasteiger partial charge is 0.227 e. The Morgan fingerprint density at radius 3 is 2.64 bits per heavy atom. The molecule has 0 saturated carbocycles. The van der Waals surface area contributed by atoms with Gasteiger partial charge in [0, 0.05) is 6.26 Å². The van der Waals surface area contributed by atoms with Crippen LogP contribution in [0.1, 0.15) is 5.69 Å². The van der Waals surface area contributed by atoms with Crippen molar-refractivity contribution in [3.63, 3.8) is 0 Å². The standard InChI is InChI=1S/C8H9N2O3S/c1-14(12,13)8-4-2-3-6(10-8)5-7(9)11/h2-5H,1H3,(H2,9,11). The van der Waals surface area contributed by atoms with Gasteiger partial charge < -0.3 is 5.73 Å². The van der Waals surface area contributed by atoms with Crippen molar-refractivity contribution in [2.75, 3.05) is 6.26 Å². The van der Waals surface area contributed by atoms with Crippen LogP contribution in [-0.4, -0.2) is 25.6 Å². The van der Waals surface area contributed by atoms with Gasteiger partial charge in [0.1, 0.15) is 0 Å². The minimum atomic E-state index is -3.34. The van der Waals surface area contributed by atoms with Crippen molar-refractivity contribution in [3.8, 4) is 0 Å². The minimum absolute atomic E-state index is 0.0764. The van der Waals surface area contributed by atoms with Crippen molar-refractivity contribution in [2.24, 2.45) is 5.73 Å². The third-order valence-electron chi connectivity index (χ3n) is 1.42. The molecule has 14 heavy (non-hydrogen) atoms. The average molecular weight is 213 g/mol. The molecule has 0 aliphatic carbocycles. The van der Waals surface area contributed by atoms with E-state index in [1.807, 2.05) is 0 Å². The summed E-state index contributed by atoms with van der Waals surface area (Å²) in [5.41, 5.74) is 5.14. The van der Waals surface area contributed by atoms with E-state index in [0.29, 0.717) is 0 Å². The quantitative estimate of drug-likeness (QED) is 0.734. The van der Waals surface area contributed by atoms with Gasteiger partial charge in [-0.25, -0.2) is 13.4 Å². The van der Waals surface area contributed by atoms with Crippen molar-refractivity contribution >= 4 is 15.7 Å². The van der Waals surface area contributed by atoms with Gasteiger partial charge in [-0.1, -0.05) is 6.07 Å². The van der Waals surface area contributed by atoms with Crippen molar-refractivity contribution in [3.05, 3.63) is 30.3 Å². The highest BCUT2D eigenvalue weighted by atomic mass is 32.2. The number of pyridine rings is 1. The summed E-state index contributed by atoms with van der Waals surface area (Å²) in [5.74, 6) is -0.664. The molecule has 0 fully saturated rings. The lowest BCUT2D eigenvalue weighted by atomic mass is 10.3. The van der Waals surface area contributed by atoms with Gasteiger partial charge in [-0.2, -0.15) is 0 Å². The lowest BCUT2D eigenvalue weighted by Crippen LogP contribution is -2.13. The fraction of sp³-hybridized carbons (Fsp3) is 0.125. The molecule has 0 aromatic carbocycles. The molecule has 75 valence electrons. The van der Waals surface area contributed by atoms with Crippen LogP contribution in [0.5, 0.6) is 0 Å². The summed E-state index contributed by atoms with van der Waals surface area (Å²) in [6, 6.07) is 4.35. The van der Waals surface area contributed by atoms with Crippen molar-refractivity contribution < 1.29 is 13.2 Å². The van der Waals surface area contributed by atoms with E-state index in [1.54, 1.807) is 0 Å². The van der Waals surface area contributed by atoms with Crippen molar-refractivity contribution in [1.29, 1.82) is 0 Å². The number of nitrogens with zero attached hydrogens (tertiary/aromatic N) is 1. The highest BCUT2D eigenvalue weighted by Crippen LogP contribution is 2.07. The number of carbonyl (C=O) groups is 1. The molecule has 0 unspecified atom stereocenters. The van der Waals surface area contributed by atoms with Crippen LogP contribution >= 0.6 is 0 Å². The van der Waals surface area contributed by atoms with E-state index < -0.39 is 15.7 Å². The maximum Gasteiger partial charge on any atom is 0.227 e. The Morgan fingerprint density at radius 2 is 2.14 bits per heavy atom. The topological polar surface area (TPSA) is 90.1 Å². The Labute approximate surface area is 81.9 Å². The molecule has 0 spiro atoms. The third kappa shape index (κ3) is 2.81. The third-order valence-corrected chi connectivity index (χ3v) is 2.40. The molecule has 0 bridgehead atoms. The van der Waals surface area contributed by atoms with Crippen LogP contribution in [0.2, 0.25) is 0 Å². The first kappa shape index (κ1) is 10.6. The number of aromatic nitrogens is 1. The molecule has 1 aromatic heterocycles. The summed E-state index contributed by atoms with van der Waals surface area (Å²) >= 11 is 0. The molecule has 2 N–H and O–H groups in total. The number of amides is 1. The summed E-state index contributed by atoms with van der Waals surface area (Å²) in [5, 5.41) is -0.0764. The SMILES string of the molecule is CS(=O)(=O)c1cccc([CH]C(N)=O)n1.